The van der Waals surface area contributed by atoms with Gasteiger partial charge in [0.15, 0.2) is 0 Å². The SMILES string of the molecule is COc1ccc(OCCC(=O)N2CC[C@H](O)C2)cc1. The molecule has 2 rings (SSSR count). The van der Waals surface area contributed by atoms with E-state index in [4.69, 9.17) is 9.47 Å². The summed E-state index contributed by atoms with van der Waals surface area (Å²) in [6.07, 6.45) is 0.635. The van der Waals surface area contributed by atoms with Crippen molar-refractivity contribution in [1.29, 1.82) is 0 Å². The molecular formula is C14H19NO4. The highest BCUT2D eigenvalue weighted by molar-refractivity contribution is 5.76. The Kier molecular flexibility index (Phi) is 4.63. The van der Waals surface area contributed by atoms with Crippen LogP contribution in [0.4, 0.5) is 0 Å². The van der Waals surface area contributed by atoms with Gasteiger partial charge in [0.1, 0.15) is 11.5 Å². The molecule has 104 valence electrons. The van der Waals surface area contributed by atoms with E-state index in [1.165, 1.54) is 0 Å². The van der Waals surface area contributed by atoms with Crippen molar-refractivity contribution in [2.45, 2.75) is 18.9 Å². The predicted molar refractivity (Wildman–Crippen MR) is 70.3 cm³/mol. The van der Waals surface area contributed by atoms with E-state index in [1.807, 2.05) is 24.3 Å². The molecule has 1 N–H and O–H groups in total. The summed E-state index contributed by atoms with van der Waals surface area (Å²) in [5, 5.41) is 9.36. The number of aliphatic hydroxyl groups is 1. The lowest BCUT2D eigenvalue weighted by Gasteiger charge is -2.15. The standard InChI is InChI=1S/C14H19NO4/c1-18-12-2-4-13(5-3-12)19-9-7-14(17)15-8-6-11(16)10-15/h2-5,11,16H,6-10H2,1H3/t11-/m0/s1. The van der Waals surface area contributed by atoms with E-state index in [9.17, 15) is 9.90 Å². The fraction of sp³-hybridized carbons (Fsp3) is 0.500. The van der Waals surface area contributed by atoms with E-state index in [1.54, 1.807) is 12.0 Å². The van der Waals surface area contributed by atoms with Crippen molar-refractivity contribution < 1.29 is 19.4 Å². The number of amides is 1. The molecule has 1 aromatic rings. The third kappa shape index (κ3) is 3.86. The molecule has 1 amide bonds. The first-order valence-electron chi connectivity index (χ1n) is 6.41. The minimum atomic E-state index is -0.369. The lowest BCUT2D eigenvalue weighted by atomic mass is 10.3. The number of likely N-dealkylation sites (tertiary alicyclic amines) is 1. The Morgan fingerprint density at radius 3 is 2.63 bits per heavy atom. The molecule has 1 aliphatic rings. The molecule has 0 bridgehead atoms. The molecule has 5 nitrogen and oxygen atoms in total. The minimum absolute atomic E-state index is 0.0325. The molecule has 19 heavy (non-hydrogen) atoms. The number of rotatable bonds is 5. The average molecular weight is 265 g/mol. The van der Waals surface area contributed by atoms with Crippen LogP contribution in [0, 0.1) is 0 Å². The molecule has 0 aromatic heterocycles. The van der Waals surface area contributed by atoms with Crippen molar-refractivity contribution in [1.82, 2.24) is 4.90 Å². The van der Waals surface area contributed by atoms with Crippen LogP contribution in [0.1, 0.15) is 12.8 Å². The Bertz CT molecular complexity index is 418. The van der Waals surface area contributed by atoms with Gasteiger partial charge >= 0.3 is 0 Å². The molecular weight excluding hydrogens is 246 g/mol. The molecule has 1 atom stereocenters. The van der Waals surface area contributed by atoms with Gasteiger partial charge in [0.05, 0.1) is 26.2 Å². The fourth-order valence-electron chi connectivity index (χ4n) is 2.05. The van der Waals surface area contributed by atoms with E-state index in [0.29, 0.717) is 32.5 Å². The maximum absolute atomic E-state index is 11.8. The second kappa shape index (κ2) is 6.43. The smallest absolute Gasteiger partial charge is 0.226 e. The third-order valence-corrected chi connectivity index (χ3v) is 3.16. The lowest BCUT2D eigenvalue weighted by Crippen LogP contribution is -2.30. The van der Waals surface area contributed by atoms with Crippen LogP contribution in [-0.2, 0) is 4.79 Å². The fourth-order valence-corrected chi connectivity index (χ4v) is 2.05. The Morgan fingerprint density at radius 1 is 1.37 bits per heavy atom. The van der Waals surface area contributed by atoms with Crippen molar-refractivity contribution in [3.05, 3.63) is 24.3 Å². The average Bonchev–Trinajstić information content (AvgIpc) is 2.86. The lowest BCUT2D eigenvalue weighted by molar-refractivity contribution is -0.131. The predicted octanol–water partition coefficient (Wildman–Crippen LogP) is 1.06. The summed E-state index contributed by atoms with van der Waals surface area (Å²) in [6, 6.07) is 7.24. The zero-order valence-corrected chi connectivity index (χ0v) is 11.0. The second-order valence-corrected chi connectivity index (χ2v) is 4.56. The van der Waals surface area contributed by atoms with Crippen LogP contribution in [-0.4, -0.2) is 48.8 Å². The summed E-state index contributed by atoms with van der Waals surface area (Å²) in [4.78, 5) is 13.5. The van der Waals surface area contributed by atoms with Crippen LogP contribution in [0.3, 0.4) is 0 Å². The summed E-state index contributed by atoms with van der Waals surface area (Å²) >= 11 is 0. The van der Waals surface area contributed by atoms with Crippen molar-refractivity contribution in [3.8, 4) is 11.5 Å². The number of hydrogen-bond donors (Lipinski definition) is 1. The van der Waals surface area contributed by atoms with Crippen LogP contribution in [0.5, 0.6) is 11.5 Å². The van der Waals surface area contributed by atoms with E-state index in [2.05, 4.69) is 0 Å². The Morgan fingerprint density at radius 2 is 2.05 bits per heavy atom. The van der Waals surface area contributed by atoms with Crippen molar-refractivity contribution in [2.75, 3.05) is 26.8 Å². The number of carbonyl (C=O) groups is 1. The van der Waals surface area contributed by atoms with Crippen LogP contribution in [0.25, 0.3) is 0 Å². The van der Waals surface area contributed by atoms with E-state index < -0.39 is 0 Å². The first kappa shape index (κ1) is 13.7. The molecule has 1 fully saturated rings. The number of hydrogen-bond acceptors (Lipinski definition) is 4. The zero-order valence-electron chi connectivity index (χ0n) is 11.0. The number of nitrogens with zero attached hydrogens (tertiary/aromatic N) is 1. The number of carbonyl (C=O) groups excluding carboxylic acids is 1. The Balaban J connectivity index is 1.72. The van der Waals surface area contributed by atoms with Crippen molar-refractivity contribution >= 4 is 5.91 Å². The van der Waals surface area contributed by atoms with Crippen molar-refractivity contribution in [3.63, 3.8) is 0 Å². The summed E-state index contributed by atoms with van der Waals surface area (Å²) in [6.45, 7) is 1.43. The zero-order chi connectivity index (χ0) is 13.7. The third-order valence-electron chi connectivity index (χ3n) is 3.16. The summed E-state index contributed by atoms with van der Waals surface area (Å²) in [7, 11) is 1.61. The van der Waals surface area contributed by atoms with Gasteiger partial charge in [-0.3, -0.25) is 4.79 Å². The number of ether oxygens (including phenoxy) is 2. The topological polar surface area (TPSA) is 59.0 Å². The van der Waals surface area contributed by atoms with E-state index in [-0.39, 0.29) is 12.0 Å². The van der Waals surface area contributed by atoms with E-state index in [0.717, 1.165) is 11.5 Å². The number of β-amino-alcohol motifs (C(OH)–C–C–N with tert-alkyl or cyclic N) is 1. The van der Waals surface area contributed by atoms with Gasteiger partial charge in [-0.05, 0) is 30.7 Å². The maximum Gasteiger partial charge on any atom is 0.226 e. The molecule has 0 aliphatic carbocycles. The summed E-state index contributed by atoms with van der Waals surface area (Å²) in [5.41, 5.74) is 0. The monoisotopic (exact) mass is 265 g/mol. The van der Waals surface area contributed by atoms with Gasteiger partial charge in [0.2, 0.25) is 5.91 Å². The van der Waals surface area contributed by atoms with Gasteiger partial charge in [-0.25, -0.2) is 0 Å². The van der Waals surface area contributed by atoms with Gasteiger partial charge in [0, 0.05) is 13.1 Å². The van der Waals surface area contributed by atoms with Crippen LogP contribution >= 0.6 is 0 Å². The molecule has 1 aliphatic heterocycles. The highest BCUT2D eigenvalue weighted by atomic mass is 16.5. The molecule has 1 heterocycles. The molecule has 0 saturated carbocycles. The van der Waals surface area contributed by atoms with Gasteiger partial charge in [0.25, 0.3) is 0 Å². The minimum Gasteiger partial charge on any atom is -0.497 e. The maximum atomic E-state index is 11.8. The van der Waals surface area contributed by atoms with Gasteiger partial charge in [-0.15, -0.1) is 0 Å². The Hall–Kier alpha value is -1.75. The van der Waals surface area contributed by atoms with Crippen molar-refractivity contribution in [2.24, 2.45) is 0 Å². The van der Waals surface area contributed by atoms with Gasteiger partial charge in [-0.2, -0.15) is 0 Å². The van der Waals surface area contributed by atoms with Crippen LogP contribution in [0.15, 0.2) is 24.3 Å². The Labute approximate surface area is 112 Å². The largest absolute Gasteiger partial charge is 0.497 e. The van der Waals surface area contributed by atoms with Crippen LogP contribution in [0.2, 0.25) is 0 Å². The number of benzene rings is 1. The van der Waals surface area contributed by atoms with Crippen LogP contribution < -0.4 is 9.47 Å². The highest BCUT2D eigenvalue weighted by Crippen LogP contribution is 2.17. The first-order chi connectivity index (χ1) is 9.19. The number of aliphatic hydroxyl groups excluding tert-OH is 1. The van der Waals surface area contributed by atoms with Gasteiger partial charge in [-0.1, -0.05) is 0 Å². The highest BCUT2D eigenvalue weighted by Gasteiger charge is 2.23. The molecule has 0 radical (unpaired) electrons. The number of methoxy groups -OCH3 is 1. The van der Waals surface area contributed by atoms with Gasteiger partial charge < -0.3 is 19.5 Å². The molecule has 0 unspecified atom stereocenters. The quantitative estimate of drug-likeness (QED) is 0.864. The molecule has 0 spiro atoms. The second-order valence-electron chi connectivity index (χ2n) is 4.56. The summed E-state index contributed by atoms with van der Waals surface area (Å²) < 4.78 is 10.5. The normalized spacial score (nSPS) is 18.4. The molecule has 1 saturated heterocycles. The summed E-state index contributed by atoms with van der Waals surface area (Å²) in [5.74, 6) is 1.52. The molecule has 1 aromatic carbocycles. The van der Waals surface area contributed by atoms with E-state index >= 15 is 0 Å². The first-order valence-corrected chi connectivity index (χ1v) is 6.41. The molecule has 5 heteroatoms.